The summed E-state index contributed by atoms with van der Waals surface area (Å²) >= 11 is 1.63. The van der Waals surface area contributed by atoms with E-state index in [1.165, 1.54) is 10.5 Å². The van der Waals surface area contributed by atoms with Gasteiger partial charge in [0.1, 0.15) is 17.5 Å². The summed E-state index contributed by atoms with van der Waals surface area (Å²) in [6.45, 7) is 5.14. The SMILES string of the molecule is CCOCc1nc(NC)cc(Sc2ccc(C)cc2)n1. The fourth-order valence-corrected chi connectivity index (χ4v) is 2.47. The number of anilines is 1. The number of hydrogen-bond donors (Lipinski definition) is 1. The third kappa shape index (κ3) is 4.21. The topological polar surface area (TPSA) is 47.0 Å². The summed E-state index contributed by atoms with van der Waals surface area (Å²) in [6.07, 6.45) is 0. The van der Waals surface area contributed by atoms with E-state index < -0.39 is 0 Å². The minimum atomic E-state index is 0.438. The Bertz CT molecular complexity index is 558. The van der Waals surface area contributed by atoms with Crippen molar-refractivity contribution in [1.82, 2.24) is 9.97 Å². The number of ether oxygens (including phenoxy) is 1. The number of nitrogens with zero attached hydrogens (tertiary/aromatic N) is 2. The molecule has 0 unspecified atom stereocenters. The van der Waals surface area contributed by atoms with Crippen molar-refractivity contribution in [3.63, 3.8) is 0 Å². The lowest BCUT2D eigenvalue weighted by molar-refractivity contribution is 0.128. The van der Waals surface area contributed by atoms with Gasteiger partial charge in [0, 0.05) is 24.6 Å². The highest BCUT2D eigenvalue weighted by molar-refractivity contribution is 7.99. The molecule has 0 amide bonds. The van der Waals surface area contributed by atoms with Crippen molar-refractivity contribution >= 4 is 17.6 Å². The molecule has 2 aromatic rings. The van der Waals surface area contributed by atoms with E-state index >= 15 is 0 Å². The quantitative estimate of drug-likeness (QED) is 0.825. The van der Waals surface area contributed by atoms with Crippen molar-refractivity contribution < 1.29 is 4.74 Å². The third-order valence-electron chi connectivity index (χ3n) is 2.68. The van der Waals surface area contributed by atoms with Gasteiger partial charge in [0.2, 0.25) is 0 Å². The lowest BCUT2D eigenvalue weighted by Gasteiger charge is -2.08. The summed E-state index contributed by atoms with van der Waals surface area (Å²) in [5.41, 5.74) is 1.25. The third-order valence-corrected chi connectivity index (χ3v) is 3.61. The largest absolute Gasteiger partial charge is 0.374 e. The lowest BCUT2D eigenvalue weighted by Crippen LogP contribution is -2.03. The number of nitrogens with one attached hydrogen (secondary N) is 1. The molecular weight excluding hydrogens is 270 g/mol. The Balaban J connectivity index is 2.19. The molecule has 0 aliphatic rings. The van der Waals surface area contributed by atoms with Crippen molar-refractivity contribution in [2.24, 2.45) is 0 Å². The van der Waals surface area contributed by atoms with E-state index in [-0.39, 0.29) is 0 Å². The summed E-state index contributed by atoms with van der Waals surface area (Å²) in [5.74, 6) is 1.51. The fourth-order valence-electron chi connectivity index (χ4n) is 1.64. The molecule has 20 heavy (non-hydrogen) atoms. The molecule has 1 aromatic carbocycles. The molecule has 0 spiro atoms. The minimum absolute atomic E-state index is 0.438. The van der Waals surface area contributed by atoms with Crippen molar-refractivity contribution in [3.05, 3.63) is 41.7 Å². The van der Waals surface area contributed by atoms with Gasteiger partial charge in [-0.25, -0.2) is 9.97 Å². The molecule has 0 atom stereocenters. The molecule has 1 N–H and O–H groups in total. The lowest BCUT2D eigenvalue weighted by atomic mass is 10.2. The zero-order valence-corrected chi connectivity index (χ0v) is 12.8. The molecule has 0 bridgehead atoms. The van der Waals surface area contributed by atoms with Crippen LogP contribution in [-0.4, -0.2) is 23.6 Å². The average Bonchev–Trinajstić information content (AvgIpc) is 2.47. The molecule has 2 rings (SSSR count). The molecule has 0 saturated carbocycles. The standard InChI is InChI=1S/C15H19N3OS/c1-4-19-10-14-17-13(16-3)9-15(18-14)20-12-7-5-11(2)6-8-12/h5-9H,4,10H2,1-3H3,(H,16,17,18). The van der Waals surface area contributed by atoms with Crippen LogP contribution in [0.15, 0.2) is 40.3 Å². The smallest absolute Gasteiger partial charge is 0.157 e. The Hall–Kier alpha value is -1.59. The van der Waals surface area contributed by atoms with Gasteiger partial charge in [-0.2, -0.15) is 0 Å². The number of hydrogen-bond acceptors (Lipinski definition) is 5. The van der Waals surface area contributed by atoms with Crippen LogP contribution in [0.5, 0.6) is 0 Å². The van der Waals surface area contributed by atoms with Gasteiger partial charge in [-0.05, 0) is 26.0 Å². The first-order valence-electron chi connectivity index (χ1n) is 6.59. The summed E-state index contributed by atoms with van der Waals surface area (Å²) in [4.78, 5) is 10.1. The van der Waals surface area contributed by atoms with E-state index in [0.29, 0.717) is 19.0 Å². The highest BCUT2D eigenvalue weighted by atomic mass is 32.2. The first kappa shape index (κ1) is 14.8. The average molecular weight is 289 g/mol. The predicted octanol–water partition coefficient (Wildman–Crippen LogP) is 3.51. The van der Waals surface area contributed by atoms with E-state index in [1.54, 1.807) is 11.8 Å². The maximum Gasteiger partial charge on any atom is 0.157 e. The number of benzene rings is 1. The maximum absolute atomic E-state index is 5.38. The molecule has 0 aliphatic carbocycles. The van der Waals surface area contributed by atoms with Gasteiger partial charge in [-0.3, -0.25) is 0 Å². The van der Waals surface area contributed by atoms with Crippen LogP contribution in [0.25, 0.3) is 0 Å². The van der Waals surface area contributed by atoms with E-state index in [0.717, 1.165) is 10.8 Å². The summed E-state index contributed by atoms with van der Waals surface area (Å²) < 4.78 is 5.38. The molecule has 0 fully saturated rings. The second-order valence-electron chi connectivity index (χ2n) is 4.31. The fraction of sp³-hybridized carbons (Fsp3) is 0.333. The van der Waals surface area contributed by atoms with Crippen molar-refractivity contribution in [1.29, 1.82) is 0 Å². The van der Waals surface area contributed by atoms with Crippen LogP contribution in [0.3, 0.4) is 0 Å². The molecule has 106 valence electrons. The van der Waals surface area contributed by atoms with E-state index in [1.807, 2.05) is 20.0 Å². The van der Waals surface area contributed by atoms with Gasteiger partial charge in [-0.15, -0.1) is 0 Å². The highest BCUT2D eigenvalue weighted by Gasteiger charge is 2.06. The summed E-state index contributed by atoms with van der Waals surface area (Å²) in [6, 6.07) is 10.3. The molecule has 0 radical (unpaired) electrons. The molecule has 1 heterocycles. The van der Waals surface area contributed by atoms with Crippen LogP contribution in [0.1, 0.15) is 18.3 Å². The van der Waals surface area contributed by atoms with Crippen LogP contribution in [0.4, 0.5) is 5.82 Å². The molecule has 5 heteroatoms. The Morgan fingerprint density at radius 3 is 2.60 bits per heavy atom. The molecule has 0 aliphatic heterocycles. The van der Waals surface area contributed by atoms with Gasteiger partial charge in [0.15, 0.2) is 5.82 Å². The van der Waals surface area contributed by atoms with Crippen LogP contribution >= 0.6 is 11.8 Å². The second-order valence-corrected chi connectivity index (χ2v) is 5.40. The van der Waals surface area contributed by atoms with E-state index in [4.69, 9.17) is 4.74 Å². The Labute approximate surface area is 124 Å². The van der Waals surface area contributed by atoms with Gasteiger partial charge >= 0.3 is 0 Å². The van der Waals surface area contributed by atoms with Crippen molar-refractivity contribution in [2.45, 2.75) is 30.4 Å². The maximum atomic E-state index is 5.38. The number of rotatable bonds is 6. The monoisotopic (exact) mass is 289 g/mol. The Kier molecular flexibility index (Phi) is 5.38. The van der Waals surface area contributed by atoms with E-state index in [9.17, 15) is 0 Å². The highest BCUT2D eigenvalue weighted by Crippen LogP contribution is 2.27. The second kappa shape index (κ2) is 7.26. The van der Waals surface area contributed by atoms with Crippen molar-refractivity contribution in [2.75, 3.05) is 19.0 Å². The predicted molar refractivity (Wildman–Crippen MR) is 82.2 cm³/mol. The van der Waals surface area contributed by atoms with Crippen LogP contribution in [-0.2, 0) is 11.3 Å². The van der Waals surface area contributed by atoms with Crippen LogP contribution < -0.4 is 5.32 Å². The van der Waals surface area contributed by atoms with Crippen LogP contribution in [0.2, 0.25) is 0 Å². The van der Waals surface area contributed by atoms with Gasteiger partial charge in [0.25, 0.3) is 0 Å². The first-order chi connectivity index (χ1) is 9.71. The number of aromatic nitrogens is 2. The molecule has 0 saturated heterocycles. The number of aryl methyl sites for hydroxylation is 1. The van der Waals surface area contributed by atoms with Gasteiger partial charge in [0.05, 0.1) is 0 Å². The normalized spacial score (nSPS) is 10.6. The van der Waals surface area contributed by atoms with Gasteiger partial charge < -0.3 is 10.1 Å². The Morgan fingerprint density at radius 1 is 1.20 bits per heavy atom. The molecular formula is C15H19N3OS. The zero-order chi connectivity index (χ0) is 14.4. The van der Waals surface area contributed by atoms with E-state index in [2.05, 4.69) is 46.5 Å². The van der Waals surface area contributed by atoms with Gasteiger partial charge in [-0.1, -0.05) is 29.5 Å². The Morgan fingerprint density at radius 2 is 1.95 bits per heavy atom. The molecule has 1 aromatic heterocycles. The van der Waals surface area contributed by atoms with Crippen molar-refractivity contribution in [3.8, 4) is 0 Å². The summed E-state index contributed by atoms with van der Waals surface area (Å²) in [7, 11) is 1.85. The first-order valence-corrected chi connectivity index (χ1v) is 7.41. The summed E-state index contributed by atoms with van der Waals surface area (Å²) in [5, 5.41) is 3.98. The zero-order valence-electron chi connectivity index (χ0n) is 12.0. The molecule has 4 nitrogen and oxygen atoms in total. The van der Waals surface area contributed by atoms with Crippen LogP contribution in [0, 0.1) is 6.92 Å². The minimum Gasteiger partial charge on any atom is -0.374 e.